The van der Waals surface area contributed by atoms with Crippen molar-refractivity contribution in [3.8, 4) is 6.07 Å². The van der Waals surface area contributed by atoms with Crippen LogP contribution in [0.3, 0.4) is 0 Å². The molecule has 1 atom stereocenters. The van der Waals surface area contributed by atoms with Gasteiger partial charge in [0.25, 0.3) is 0 Å². The number of anilines is 1. The molecule has 158 valence electrons. The number of rotatable bonds is 4. The zero-order valence-corrected chi connectivity index (χ0v) is 17.2. The van der Waals surface area contributed by atoms with Crippen LogP contribution in [0.25, 0.3) is 0 Å². The Hall–Kier alpha value is -4.12. The maximum Gasteiger partial charge on any atom is 0.355 e. The average Bonchev–Trinajstić information content (AvgIpc) is 2.76. The van der Waals surface area contributed by atoms with Crippen LogP contribution in [0.4, 0.5) is 10.1 Å². The highest BCUT2D eigenvalue weighted by atomic mass is 19.1. The van der Waals surface area contributed by atoms with Crippen LogP contribution in [0.15, 0.2) is 71.2 Å². The summed E-state index contributed by atoms with van der Waals surface area (Å²) in [4.78, 5) is 26.9. The molecule has 31 heavy (non-hydrogen) atoms. The molecule has 0 bridgehead atoms. The molecule has 0 fully saturated rings. The Balaban J connectivity index is 2.43. The van der Waals surface area contributed by atoms with Gasteiger partial charge in [0.15, 0.2) is 0 Å². The first-order valence-electron chi connectivity index (χ1n) is 9.26. The van der Waals surface area contributed by atoms with Crippen LogP contribution in [-0.2, 0) is 19.1 Å². The number of esters is 2. The smallest absolute Gasteiger partial charge is 0.355 e. The number of aryl methyl sites for hydroxylation is 1. The Morgan fingerprint density at radius 2 is 1.74 bits per heavy atom. The van der Waals surface area contributed by atoms with E-state index in [9.17, 15) is 19.2 Å². The summed E-state index contributed by atoms with van der Waals surface area (Å²) in [6, 6.07) is 14.7. The lowest BCUT2D eigenvalue weighted by molar-refractivity contribution is -0.139. The minimum atomic E-state index is -0.973. The lowest BCUT2D eigenvalue weighted by Crippen LogP contribution is -2.40. The van der Waals surface area contributed by atoms with E-state index < -0.39 is 23.7 Å². The normalized spacial score (nSPS) is 16.1. The molecule has 2 aromatic carbocycles. The summed E-state index contributed by atoms with van der Waals surface area (Å²) in [7, 11) is 2.31. The fourth-order valence-corrected chi connectivity index (χ4v) is 3.63. The average molecular weight is 421 g/mol. The number of halogens is 1. The molecule has 0 aliphatic carbocycles. The molecule has 7 nitrogen and oxygen atoms in total. The van der Waals surface area contributed by atoms with Gasteiger partial charge in [0.2, 0.25) is 0 Å². The quantitative estimate of drug-likeness (QED) is 0.757. The van der Waals surface area contributed by atoms with Gasteiger partial charge in [-0.3, -0.25) is 4.90 Å². The third kappa shape index (κ3) is 3.85. The highest BCUT2D eigenvalue weighted by Crippen LogP contribution is 2.43. The summed E-state index contributed by atoms with van der Waals surface area (Å²) in [6.45, 7) is 1.66. The number of carbonyl (C=O) groups excluding carboxylic acids is 2. The Morgan fingerprint density at radius 1 is 1.10 bits per heavy atom. The van der Waals surface area contributed by atoms with Crippen LogP contribution < -0.4 is 10.6 Å². The Morgan fingerprint density at radius 3 is 2.29 bits per heavy atom. The Labute approximate surface area is 178 Å². The summed E-state index contributed by atoms with van der Waals surface area (Å²) >= 11 is 0. The number of hydrogen-bond acceptors (Lipinski definition) is 7. The third-order valence-corrected chi connectivity index (χ3v) is 4.90. The van der Waals surface area contributed by atoms with Gasteiger partial charge < -0.3 is 15.2 Å². The zero-order chi connectivity index (χ0) is 22.7. The van der Waals surface area contributed by atoms with Gasteiger partial charge in [-0.25, -0.2) is 14.0 Å². The number of benzene rings is 2. The number of nitrogens with zero attached hydrogens (tertiary/aromatic N) is 2. The van der Waals surface area contributed by atoms with Crippen molar-refractivity contribution in [3.05, 3.63) is 88.1 Å². The van der Waals surface area contributed by atoms with Gasteiger partial charge in [0.05, 0.1) is 43.0 Å². The largest absolute Gasteiger partial charge is 0.466 e. The zero-order valence-electron chi connectivity index (χ0n) is 17.2. The lowest BCUT2D eigenvalue weighted by atomic mass is 9.81. The Kier molecular flexibility index (Phi) is 6.07. The summed E-state index contributed by atoms with van der Waals surface area (Å²) in [5.41, 5.74) is 7.25. The molecular formula is C23H20FN3O4. The van der Waals surface area contributed by atoms with Gasteiger partial charge in [-0.2, -0.15) is 5.26 Å². The lowest BCUT2D eigenvalue weighted by Gasteiger charge is -2.36. The number of allylic oxidation sites excluding steroid dienone is 1. The van der Waals surface area contributed by atoms with Crippen LogP contribution in [0.5, 0.6) is 0 Å². The molecule has 2 N–H and O–H groups in total. The first-order chi connectivity index (χ1) is 14.8. The second-order valence-corrected chi connectivity index (χ2v) is 6.82. The number of methoxy groups -OCH3 is 2. The number of carbonyl (C=O) groups is 2. The molecule has 0 saturated heterocycles. The minimum absolute atomic E-state index is 0.0150. The first-order valence-corrected chi connectivity index (χ1v) is 9.26. The van der Waals surface area contributed by atoms with Crippen molar-refractivity contribution in [2.24, 2.45) is 5.73 Å². The second kappa shape index (κ2) is 8.71. The third-order valence-electron chi connectivity index (χ3n) is 4.90. The molecule has 0 amide bonds. The van der Waals surface area contributed by atoms with E-state index in [0.29, 0.717) is 11.1 Å². The predicted octanol–water partition coefficient (Wildman–Crippen LogP) is 3.03. The van der Waals surface area contributed by atoms with Gasteiger partial charge in [-0.15, -0.1) is 0 Å². The van der Waals surface area contributed by atoms with E-state index in [1.54, 1.807) is 43.3 Å². The molecule has 2 aromatic rings. The Bertz CT molecular complexity index is 1130. The topological polar surface area (TPSA) is 106 Å². The molecule has 1 aliphatic heterocycles. The SMILES string of the molecule is COC(=O)C1=C(C(=O)OC)N(c2cc(C)cc(F)c2)C(N)=C(C#N)C1c1ccccc1. The van der Waals surface area contributed by atoms with Crippen molar-refractivity contribution in [1.82, 2.24) is 0 Å². The summed E-state index contributed by atoms with van der Waals surface area (Å²) < 4.78 is 24.1. The van der Waals surface area contributed by atoms with E-state index in [0.717, 1.165) is 25.2 Å². The summed E-state index contributed by atoms with van der Waals surface area (Å²) in [6.07, 6.45) is 0. The standard InChI is InChI=1S/C23H20FN3O4/c1-13-9-15(24)11-16(10-13)27-20(23(29)31-3)19(22(28)30-2)18(17(12-25)21(27)26)14-7-5-4-6-8-14/h4-11,18H,26H2,1-3H3. The second-order valence-electron chi connectivity index (χ2n) is 6.82. The van der Waals surface area contributed by atoms with E-state index in [-0.39, 0.29) is 28.4 Å². The molecule has 3 rings (SSSR count). The van der Waals surface area contributed by atoms with Crippen molar-refractivity contribution in [2.45, 2.75) is 12.8 Å². The van der Waals surface area contributed by atoms with Crippen molar-refractivity contribution in [3.63, 3.8) is 0 Å². The van der Waals surface area contributed by atoms with E-state index >= 15 is 0 Å². The molecule has 0 aromatic heterocycles. The van der Waals surface area contributed by atoms with Crippen LogP contribution in [0.1, 0.15) is 17.0 Å². The van der Waals surface area contributed by atoms with Gasteiger partial charge in [-0.05, 0) is 36.2 Å². The van der Waals surface area contributed by atoms with Crippen molar-refractivity contribution < 1.29 is 23.5 Å². The summed E-state index contributed by atoms with van der Waals surface area (Å²) in [5.74, 6) is -3.39. The number of nitriles is 1. The maximum absolute atomic E-state index is 14.2. The molecule has 1 unspecified atom stereocenters. The van der Waals surface area contributed by atoms with Crippen LogP contribution in [0.2, 0.25) is 0 Å². The van der Waals surface area contributed by atoms with E-state index in [1.807, 2.05) is 6.07 Å². The van der Waals surface area contributed by atoms with Gasteiger partial charge >= 0.3 is 11.9 Å². The van der Waals surface area contributed by atoms with Crippen molar-refractivity contribution in [2.75, 3.05) is 19.1 Å². The predicted molar refractivity (Wildman–Crippen MR) is 111 cm³/mol. The van der Waals surface area contributed by atoms with Gasteiger partial charge in [-0.1, -0.05) is 30.3 Å². The number of hydrogen-bond donors (Lipinski definition) is 1. The van der Waals surface area contributed by atoms with Crippen molar-refractivity contribution >= 4 is 17.6 Å². The molecule has 1 aliphatic rings. The fraction of sp³-hybridized carbons (Fsp3) is 0.174. The molecule has 0 saturated carbocycles. The highest BCUT2D eigenvalue weighted by Gasteiger charge is 2.43. The van der Waals surface area contributed by atoms with Gasteiger partial charge in [0.1, 0.15) is 17.3 Å². The van der Waals surface area contributed by atoms with Crippen LogP contribution in [-0.4, -0.2) is 26.2 Å². The number of ether oxygens (including phenoxy) is 2. The van der Waals surface area contributed by atoms with Crippen LogP contribution >= 0.6 is 0 Å². The minimum Gasteiger partial charge on any atom is -0.466 e. The fourth-order valence-electron chi connectivity index (χ4n) is 3.63. The monoisotopic (exact) mass is 421 g/mol. The van der Waals surface area contributed by atoms with Gasteiger partial charge in [0, 0.05) is 0 Å². The number of nitrogens with two attached hydrogens (primary N) is 1. The molecule has 0 radical (unpaired) electrons. The molecule has 0 spiro atoms. The first kappa shape index (κ1) is 21.6. The maximum atomic E-state index is 14.2. The highest BCUT2D eigenvalue weighted by molar-refractivity contribution is 6.06. The van der Waals surface area contributed by atoms with E-state index in [4.69, 9.17) is 15.2 Å². The van der Waals surface area contributed by atoms with Crippen LogP contribution in [0, 0.1) is 24.1 Å². The summed E-state index contributed by atoms with van der Waals surface area (Å²) in [5, 5.41) is 9.94. The molecular weight excluding hydrogens is 401 g/mol. The molecule has 8 heteroatoms. The van der Waals surface area contributed by atoms with Crippen molar-refractivity contribution in [1.29, 1.82) is 5.26 Å². The van der Waals surface area contributed by atoms with E-state index in [1.165, 1.54) is 6.07 Å². The van der Waals surface area contributed by atoms with E-state index in [2.05, 4.69) is 0 Å². The molecule has 1 heterocycles.